The van der Waals surface area contributed by atoms with Crippen molar-refractivity contribution in [2.24, 2.45) is 0 Å². The second-order valence-electron chi connectivity index (χ2n) is 4.29. The molecule has 0 fully saturated rings. The van der Waals surface area contributed by atoms with Crippen LogP contribution in [0.4, 0.5) is 4.39 Å². The van der Waals surface area contributed by atoms with Crippen LogP contribution in [0.2, 0.25) is 0 Å². The fourth-order valence-electron chi connectivity index (χ4n) is 2.25. The summed E-state index contributed by atoms with van der Waals surface area (Å²) in [5, 5.41) is 0. The van der Waals surface area contributed by atoms with Crippen LogP contribution < -0.4 is 4.74 Å². The highest BCUT2D eigenvalue weighted by molar-refractivity contribution is 5.37. The van der Waals surface area contributed by atoms with Gasteiger partial charge < -0.3 is 4.74 Å². The van der Waals surface area contributed by atoms with Gasteiger partial charge in [0.2, 0.25) is 0 Å². The summed E-state index contributed by atoms with van der Waals surface area (Å²) in [7, 11) is 1.66. The van der Waals surface area contributed by atoms with Gasteiger partial charge in [-0.05, 0) is 41.8 Å². The summed E-state index contributed by atoms with van der Waals surface area (Å²) in [6.45, 7) is 2.11. The number of rotatable bonds is 4. The lowest BCUT2D eigenvalue weighted by Crippen LogP contribution is -2.00. The Labute approximate surface area is 107 Å². The molecular weight excluding hydrogens is 227 g/mol. The van der Waals surface area contributed by atoms with Crippen LogP contribution in [-0.2, 0) is 0 Å². The second-order valence-corrected chi connectivity index (χ2v) is 4.29. The minimum absolute atomic E-state index is 0.186. The van der Waals surface area contributed by atoms with Crippen molar-refractivity contribution >= 4 is 0 Å². The first-order valence-electron chi connectivity index (χ1n) is 6.14. The zero-order chi connectivity index (χ0) is 13.0. The third-order valence-electron chi connectivity index (χ3n) is 3.16. The van der Waals surface area contributed by atoms with E-state index in [0.717, 1.165) is 23.3 Å². The molecule has 18 heavy (non-hydrogen) atoms. The van der Waals surface area contributed by atoms with E-state index in [4.69, 9.17) is 4.74 Å². The minimum atomic E-state index is -0.186. The summed E-state index contributed by atoms with van der Waals surface area (Å²) < 4.78 is 18.5. The second kappa shape index (κ2) is 5.67. The van der Waals surface area contributed by atoms with E-state index in [2.05, 4.69) is 13.0 Å². The van der Waals surface area contributed by atoms with E-state index in [9.17, 15) is 4.39 Å². The fourth-order valence-corrected chi connectivity index (χ4v) is 2.25. The summed E-state index contributed by atoms with van der Waals surface area (Å²) in [4.78, 5) is 0. The summed E-state index contributed by atoms with van der Waals surface area (Å²) in [5.41, 5.74) is 2.16. The van der Waals surface area contributed by atoms with Gasteiger partial charge in [-0.1, -0.05) is 31.2 Å². The maximum absolute atomic E-state index is 13.3. The van der Waals surface area contributed by atoms with Gasteiger partial charge in [-0.25, -0.2) is 4.39 Å². The number of methoxy groups -OCH3 is 1. The molecule has 0 saturated heterocycles. The lowest BCUT2D eigenvalue weighted by Gasteiger charge is -2.16. The Morgan fingerprint density at radius 1 is 1.06 bits per heavy atom. The molecule has 2 heteroatoms. The first kappa shape index (κ1) is 12.6. The van der Waals surface area contributed by atoms with Crippen LogP contribution >= 0.6 is 0 Å². The molecule has 0 radical (unpaired) electrons. The smallest absolute Gasteiger partial charge is 0.123 e. The normalized spacial score (nSPS) is 12.2. The van der Waals surface area contributed by atoms with Crippen molar-refractivity contribution in [2.75, 3.05) is 7.11 Å². The van der Waals surface area contributed by atoms with Gasteiger partial charge in [0, 0.05) is 5.92 Å². The highest BCUT2D eigenvalue weighted by Gasteiger charge is 2.13. The van der Waals surface area contributed by atoms with E-state index in [1.54, 1.807) is 19.2 Å². The van der Waals surface area contributed by atoms with Crippen LogP contribution in [0, 0.1) is 5.82 Å². The molecule has 0 aliphatic rings. The quantitative estimate of drug-likeness (QED) is 0.775. The molecule has 0 spiro atoms. The molecule has 0 N–H and O–H groups in total. The van der Waals surface area contributed by atoms with E-state index in [0.29, 0.717) is 0 Å². The Balaban J connectivity index is 2.38. The van der Waals surface area contributed by atoms with Crippen LogP contribution in [0.5, 0.6) is 5.75 Å². The van der Waals surface area contributed by atoms with Crippen molar-refractivity contribution in [3.8, 4) is 5.75 Å². The molecule has 0 heterocycles. The Kier molecular flexibility index (Phi) is 3.98. The van der Waals surface area contributed by atoms with Crippen molar-refractivity contribution in [3.05, 3.63) is 65.5 Å². The molecular formula is C16H17FO. The Morgan fingerprint density at radius 2 is 1.72 bits per heavy atom. The Hall–Kier alpha value is -1.83. The molecule has 0 saturated carbocycles. The van der Waals surface area contributed by atoms with Crippen molar-refractivity contribution in [1.82, 2.24) is 0 Å². The predicted molar refractivity (Wildman–Crippen MR) is 71.5 cm³/mol. The van der Waals surface area contributed by atoms with E-state index < -0.39 is 0 Å². The molecule has 94 valence electrons. The van der Waals surface area contributed by atoms with Crippen LogP contribution in [-0.4, -0.2) is 7.11 Å². The monoisotopic (exact) mass is 244 g/mol. The molecule has 0 aliphatic heterocycles. The summed E-state index contributed by atoms with van der Waals surface area (Å²) >= 11 is 0. The molecule has 2 aromatic rings. The van der Waals surface area contributed by atoms with Gasteiger partial charge in [-0.2, -0.15) is 0 Å². The topological polar surface area (TPSA) is 9.23 Å². The van der Waals surface area contributed by atoms with Crippen molar-refractivity contribution < 1.29 is 9.13 Å². The van der Waals surface area contributed by atoms with Gasteiger partial charge in [0.05, 0.1) is 7.11 Å². The maximum Gasteiger partial charge on any atom is 0.123 e. The number of benzene rings is 2. The van der Waals surface area contributed by atoms with Crippen molar-refractivity contribution in [1.29, 1.82) is 0 Å². The zero-order valence-electron chi connectivity index (χ0n) is 10.7. The lowest BCUT2D eigenvalue weighted by atomic mass is 9.89. The molecule has 1 atom stereocenters. The third kappa shape index (κ3) is 2.70. The standard InChI is InChI=1S/C16H17FO/c1-3-16(12-6-4-8-14(17)10-12)13-7-5-9-15(11-13)18-2/h4-11,16H,3H2,1-2H3. The minimum Gasteiger partial charge on any atom is -0.497 e. The van der Waals surface area contributed by atoms with Crippen LogP contribution in [0.3, 0.4) is 0 Å². The van der Waals surface area contributed by atoms with E-state index >= 15 is 0 Å². The van der Waals surface area contributed by atoms with Gasteiger partial charge >= 0.3 is 0 Å². The summed E-state index contributed by atoms with van der Waals surface area (Å²) in [5.74, 6) is 0.854. The SMILES string of the molecule is CCC(c1cccc(F)c1)c1cccc(OC)c1. The first-order chi connectivity index (χ1) is 8.74. The first-order valence-corrected chi connectivity index (χ1v) is 6.14. The van der Waals surface area contributed by atoms with Gasteiger partial charge in [0.15, 0.2) is 0 Å². The molecule has 0 aliphatic carbocycles. The number of ether oxygens (including phenoxy) is 1. The molecule has 0 bridgehead atoms. The van der Waals surface area contributed by atoms with Crippen LogP contribution in [0.25, 0.3) is 0 Å². The maximum atomic E-state index is 13.3. The van der Waals surface area contributed by atoms with Gasteiger partial charge in [-0.3, -0.25) is 0 Å². The van der Waals surface area contributed by atoms with Gasteiger partial charge in [0.1, 0.15) is 11.6 Å². The molecule has 0 amide bonds. The summed E-state index contributed by atoms with van der Waals surface area (Å²) in [6.07, 6.45) is 0.927. The Morgan fingerprint density at radius 3 is 2.33 bits per heavy atom. The van der Waals surface area contributed by atoms with E-state index in [1.807, 2.05) is 24.3 Å². The highest BCUT2D eigenvalue weighted by Crippen LogP contribution is 2.30. The van der Waals surface area contributed by atoms with Gasteiger partial charge in [-0.15, -0.1) is 0 Å². The van der Waals surface area contributed by atoms with Crippen molar-refractivity contribution in [2.45, 2.75) is 19.3 Å². The van der Waals surface area contributed by atoms with Gasteiger partial charge in [0.25, 0.3) is 0 Å². The number of hydrogen-bond acceptors (Lipinski definition) is 1. The number of hydrogen-bond donors (Lipinski definition) is 0. The molecule has 1 unspecified atom stereocenters. The van der Waals surface area contributed by atoms with Crippen molar-refractivity contribution in [3.63, 3.8) is 0 Å². The molecule has 2 rings (SSSR count). The zero-order valence-corrected chi connectivity index (χ0v) is 10.7. The Bertz CT molecular complexity index is 522. The van der Waals surface area contributed by atoms with Crippen LogP contribution in [0.1, 0.15) is 30.4 Å². The third-order valence-corrected chi connectivity index (χ3v) is 3.16. The van der Waals surface area contributed by atoms with E-state index in [1.165, 1.54) is 6.07 Å². The molecule has 0 aromatic heterocycles. The molecule has 1 nitrogen and oxygen atoms in total. The largest absolute Gasteiger partial charge is 0.497 e. The molecule has 2 aromatic carbocycles. The average molecular weight is 244 g/mol. The summed E-state index contributed by atoms with van der Waals surface area (Å²) in [6, 6.07) is 14.8. The predicted octanol–water partition coefficient (Wildman–Crippen LogP) is 4.38. The fraction of sp³-hybridized carbons (Fsp3) is 0.250. The average Bonchev–Trinajstić information content (AvgIpc) is 2.40. The highest BCUT2D eigenvalue weighted by atomic mass is 19.1. The number of halogens is 1. The van der Waals surface area contributed by atoms with E-state index in [-0.39, 0.29) is 11.7 Å². The van der Waals surface area contributed by atoms with Crippen LogP contribution in [0.15, 0.2) is 48.5 Å². The lowest BCUT2D eigenvalue weighted by molar-refractivity contribution is 0.414.